The van der Waals surface area contributed by atoms with E-state index in [1.54, 1.807) is 0 Å². The average molecular weight is 142 g/mol. The zero-order valence-electron chi connectivity index (χ0n) is 6.26. The lowest BCUT2D eigenvalue weighted by Crippen LogP contribution is -2.34. The second kappa shape index (κ2) is 3.12. The van der Waals surface area contributed by atoms with Gasteiger partial charge in [0.25, 0.3) is 0 Å². The first-order valence-electron chi connectivity index (χ1n) is 3.69. The van der Waals surface area contributed by atoms with Gasteiger partial charge in [-0.25, -0.2) is 0 Å². The average Bonchev–Trinajstić information content (AvgIpc) is 1.96. The molecule has 2 unspecified atom stereocenters. The van der Waals surface area contributed by atoms with Crippen LogP contribution in [0, 0.1) is 5.92 Å². The first-order chi connectivity index (χ1) is 4.70. The quantitative estimate of drug-likeness (QED) is 0.480. The SMILES string of the molecule is CC1CNCC(=O)C(N)C1. The van der Waals surface area contributed by atoms with Gasteiger partial charge >= 0.3 is 0 Å². The largest absolute Gasteiger partial charge is 0.321 e. The number of Topliss-reactive ketones (excluding diaryl/α,β-unsaturated/α-hetero) is 1. The van der Waals surface area contributed by atoms with Crippen LogP contribution >= 0.6 is 0 Å². The Labute approximate surface area is 61.0 Å². The van der Waals surface area contributed by atoms with Crippen molar-refractivity contribution in [2.45, 2.75) is 19.4 Å². The molecule has 3 heteroatoms. The topological polar surface area (TPSA) is 55.1 Å². The van der Waals surface area contributed by atoms with Crippen molar-refractivity contribution in [3.8, 4) is 0 Å². The summed E-state index contributed by atoms with van der Waals surface area (Å²) in [6.07, 6.45) is 0.825. The summed E-state index contributed by atoms with van der Waals surface area (Å²) in [4.78, 5) is 11.0. The zero-order valence-corrected chi connectivity index (χ0v) is 6.26. The van der Waals surface area contributed by atoms with E-state index in [4.69, 9.17) is 5.73 Å². The van der Waals surface area contributed by atoms with Crippen LogP contribution in [0.4, 0.5) is 0 Å². The summed E-state index contributed by atoms with van der Waals surface area (Å²) in [6, 6.07) is -0.231. The summed E-state index contributed by atoms with van der Waals surface area (Å²) >= 11 is 0. The summed E-state index contributed by atoms with van der Waals surface area (Å²) in [7, 11) is 0. The zero-order chi connectivity index (χ0) is 7.56. The molecule has 0 aromatic rings. The molecule has 1 saturated heterocycles. The predicted molar refractivity (Wildman–Crippen MR) is 39.6 cm³/mol. The van der Waals surface area contributed by atoms with Crippen LogP contribution in [0.2, 0.25) is 0 Å². The van der Waals surface area contributed by atoms with Gasteiger partial charge in [-0.1, -0.05) is 6.92 Å². The highest BCUT2D eigenvalue weighted by Crippen LogP contribution is 2.06. The maximum atomic E-state index is 11.0. The molecule has 0 amide bonds. The van der Waals surface area contributed by atoms with Crippen LogP contribution in [0.3, 0.4) is 0 Å². The fourth-order valence-electron chi connectivity index (χ4n) is 1.22. The lowest BCUT2D eigenvalue weighted by molar-refractivity contribution is -0.119. The number of carbonyl (C=O) groups excluding carboxylic acids is 1. The molecule has 3 N–H and O–H groups in total. The summed E-state index contributed by atoms with van der Waals surface area (Å²) in [5.74, 6) is 0.672. The van der Waals surface area contributed by atoms with Crippen molar-refractivity contribution in [3.05, 3.63) is 0 Å². The molecule has 1 aliphatic rings. The molecule has 0 spiro atoms. The van der Waals surface area contributed by atoms with Crippen LogP contribution in [0.25, 0.3) is 0 Å². The maximum absolute atomic E-state index is 11.0. The summed E-state index contributed by atoms with van der Waals surface area (Å²) in [5, 5.41) is 3.05. The fourth-order valence-corrected chi connectivity index (χ4v) is 1.22. The van der Waals surface area contributed by atoms with Crippen molar-refractivity contribution in [1.29, 1.82) is 0 Å². The van der Waals surface area contributed by atoms with Gasteiger partial charge in [-0.05, 0) is 18.9 Å². The molecule has 0 saturated carbocycles. The van der Waals surface area contributed by atoms with E-state index >= 15 is 0 Å². The van der Waals surface area contributed by atoms with E-state index in [9.17, 15) is 4.79 Å². The second-order valence-corrected chi connectivity index (χ2v) is 3.04. The Morgan fingerprint density at radius 1 is 1.70 bits per heavy atom. The third kappa shape index (κ3) is 1.78. The van der Waals surface area contributed by atoms with Crippen molar-refractivity contribution < 1.29 is 4.79 Å². The third-order valence-electron chi connectivity index (χ3n) is 1.86. The first-order valence-corrected chi connectivity index (χ1v) is 3.69. The molecule has 0 aromatic heterocycles. The van der Waals surface area contributed by atoms with Crippen LogP contribution in [0.1, 0.15) is 13.3 Å². The first kappa shape index (κ1) is 7.69. The van der Waals surface area contributed by atoms with Gasteiger partial charge in [-0.3, -0.25) is 4.79 Å². The highest BCUT2D eigenvalue weighted by Gasteiger charge is 2.19. The molecule has 1 heterocycles. The number of rotatable bonds is 0. The van der Waals surface area contributed by atoms with Gasteiger partial charge in [0.15, 0.2) is 5.78 Å². The molecule has 0 aliphatic carbocycles. The van der Waals surface area contributed by atoms with E-state index in [1.165, 1.54) is 0 Å². The van der Waals surface area contributed by atoms with Crippen LogP contribution in [0.15, 0.2) is 0 Å². The number of nitrogens with two attached hydrogens (primary N) is 1. The minimum absolute atomic E-state index is 0.143. The van der Waals surface area contributed by atoms with E-state index in [0.29, 0.717) is 12.5 Å². The minimum atomic E-state index is -0.231. The summed E-state index contributed by atoms with van der Waals surface area (Å²) in [6.45, 7) is 3.47. The van der Waals surface area contributed by atoms with Crippen molar-refractivity contribution in [2.24, 2.45) is 11.7 Å². The van der Waals surface area contributed by atoms with Crippen molar-refractivity contribution >= 4 is 5.78 Å². The molecule has 1 fully saturated rings. The van der Waals surface area contributed by atoms with Crippen LogP contribution in [0.5, 0.6) is 0 Å². The van der Waals surface area contributed by atoms with Gasteiger partial charge in [-0.15, -0.1) is 0 Å². The van der Waals surface area contributed by atoms with E-state index in [1.807, 2.05) is 0 Å². The molecule has 0 bridgehead atoms. The van der Waals surface area contributed by atoms with Gasteiger partial charge in [0.05, 0.1) is 12.6 Å². The molecule has 3 nitrogen and oxygen atoms in total. The fraction of sp³-hybridized carbons (Fsp3) is 0.857. The smallest absolute Gasteiger partial charge is 0.163 e. The molecule has 0 radical (unpaired) electrons. The Balaban J connectivity index is 2.49. The molecule has 0 aromatic carbocycles. The maximum Gasteiger partial charge on any atom is 0.163 e. The Hall–Kier alpha value is -0.410. The van der Waals surface area contributed by atoms with Gasteiger partial charge < -0.3 is 11.1 Å². The van der Waals surface area contributed by atoms with Crippen LogP contribution in [-0.2, 0) is 4.79 Å². The Bertz CT molecular complexity index is 136. The minimum Gasteiger partial charge on any atom is -0.321 e. The Morgan fingerprint density at radius 2 is 2.40 bits per heavy atom. The van der Waals surface area contributed by atoms with Gasteiger partial charge in [0.2, 0.25) is 0 Å². The van der Waals surface area contributed by atoms with E-state index < -0.39 is 0 Å². The lowest BCUT2D eigenvalue weighted by Gasteiger charge is -2.08. The Morgan fingerprint density at radius 3 is 3.10 bits per heavy atom. The normalized spacial score (nSPS) is 35.6. The van der Waals surface area contributed by atoms with Crippen molar-refractivity contribution in [2.75, 3.05) is 13.1 Å². The number of nitrogens with one attached hydrogen (secondary N) is 1. The molecule has 58 valence electrons. The van der Waals surface area contributed by atoms with Crippen LogP contribution in [-0.4, -0.2) is 24.9 Å². The van der Waals surface area contributed by atoms with Crippen molar-refractivity contribution in [1.82, 2.24) is 5.32 Å². The molecule has 2 atom stereocenters. The van der Waals surface area contributed by atoms with Crippen molar-refractivity contribution in [3.63, 3.8) is 0 Å². The number of carbonyl (C=O) groups is 1. The number of hydrogen-bond donors (Lipinski definition) is 2. The van der Waals surface area contributed by atoms with E-state index in [-0.39, 0.29) is 11.8 Å². The second-order valence-electron chi connectivity index (χ2n) is 3.04. The molecular formula is C7H14N2O. The number of ketones is 1. The molecule has 10 heavy (non-hydrogen) atoms. The number of hydrogen-bond acceptors (Lipinski definition) is 3. The predicted octanol–water partition coefficient (Wildman–Crippen LogP) is -0.488. The van der Waals surface area contributed by atoms with Gasteiger partial charge in [0, 0.05) is 0 Å². The highest BCUT2D eigenvalue weighted by molar-refractivity contribution is 5.85. The monoisotopic (exact) mass is 142 g/mol. The summed E-state index contributed by atoms with van der Waals surface area (Å²) in [5.41, 5.74) is 5.58. The van der Waals surface area contributed by atoms with Gasteiger partial charge in [0.1, 0.15) is 0 Å². The van der Waals surface area contributed by atoms with Gasteiger partial charge in [-0.2, -0.15) is 0 Å². The summed E-state index contributed by atoms with van der Waals surface area (Å²) < 4.78 is 0. The van der Waals surface area contributed by atoms with E-state index in [2.05, 4.69) is 12.2 Å². The highest BCUT2D eigenvalue weighted by atomic mass is 16.1. The third-order valence-corrected chi connectivity index (χ3v) is 1.86. The molecular weight excluding hydrogens is 128 g/mol. The standard InChI is InChI=1S/C7H14N2O/c1-5-2-6(8)7(10)4-9-3-5/h5-6,9H,2-4,8H2,1H3. The molecule has 1 rings (SSSR count). The lowest BCUT2D eigenvalue weighted by atomic mass is 10.0. The van der Waals surface area contributed by atoms with Crippen LogP contribution < -0.4 is 11.1 Å². The Kier molecular flexibility index (Phi) is 2.40. The molecule has 1 aliphatic heterocycles. The van der Waals surface area contributed by atoms with E-state index in [0.717, 1.165) is 13.0 Å².